The fraction of sp³-hybridized carbons (Fsp3) is 0.692. The van der Waals surface area contributed by atoms with Gasteiger partial charge in [0.2, 0.25) is 11.8 Å². The highest BCUT2D eigenvalue weighted by molar-refractivity contribution is 6.05. The first-order valence-electron chi connectivity index (χ1n) is 6.02. The minimum Gasteiger partial charge on any atom is -0.285 e. The number of carbonyl (C=O) groups excluding carboxylic acids is 2. The number of carbonyl (C=O) groups is 2. The minimum absolute atomic E-state index is 0.00292. The maximum absolute atomic E-state index is 11.8. The van der Waals surface area contributed by atoms with Gasteiger partial charge in [0, 0.05) is 7.05 Å². The monoisotopic (exact) mass is 223 g/mol. The summed E-state index contributed by atoms with van der Waals surface area (Å²) in [6, 6.07) is 0. The molecule has 2 fully saturated rings. The van der Waals surface area contributed by atoms with Crippen molar-refractivity contribution in [2.75, 3.05) is 7.05 Å². The van der Waals surface area contributed by atoms with E-state index in [0.29, 0.717) is 5.92 Å². The smallest absolute Gasteiger partial charge is 0.233 e. The average molecular weight is 223 g/mol. The zero-order valence-electron chi connectivity index (χ0n) is 10.6. The van der Waals surface area contributed by atoms with Crippen LogP contribution >= 0.6 is 0 Å². The molecule has 4 unspecified atom stereocenters. The molecule has 4 atom stereocenters. The molecule has 2 rings (SSSR count). The summed E-state index contributed by atoms with van der Waals surface area (Å²) in [4.78, 5) is 24.8. The molecule has 0 radical (unpaired) electrons. The molecule has 1 aliphatic carbocycles. The molecular formula is C13H21NO2. The SMILES string of the molecule is C=CC1CC(C)C2C(=O)N(C)C(=O)C12.CC. The molecule has 3 heteroatoms. The van der Waals surface area contributed by atoms with E-state index in [0.717, 1.165) is 6.42 Å². The van der Waals surface area contributed by atoms with Crippen LogP contribution in [0.3, 0.4) is 0 Å². The van der Waals surface area contributed by atoms with Crippen molar-refractivity contribution in [2.45, 2.75) is 27.2 Å². The van der Waals surface area contributed by atoms with E-state index >= 15 is 0 Å². The molecule has 0 spiro atoms. The maximum Gasteiger partial charge on any atom is 0.233 e. The van der Waals surface area contributed by atoms with E-state index < -0.39 is 0 Å². The summed E-state index contributed by atoms with van der Waals surface area (Å²) in [5.41, 5.74) is 0. The Morgan fingerprint density at radius 1 is 1.25 bits per heavy atom. The van der Waals surface area contributed by atoms with Crippen molar-refractivity contribution < 1.29 is 9.59 Å². The number of amides is 2. The molecular weight excluding hydrogens is 202 g/mol. The fourth-order valence-corrected chi connectivity index (χ4v) is 2.88. The lowest BCUT2D eigenvalue weighted by Gasteiger charge is -2.13. The summed E-state index contributed by atoms with van der Waals surface area (Å²) in [6.07, 6.45) is 2.75. The largest absolute Gasteiger partial charge is 0.285 e. The summed E-state index contributed by atoms with van der Waals surface area (Å²) < 4.78 is 0. The van der Waals surface area contributed by atoms with Gasteiger partial charge in [0.05, 0.1) is 11.8 Å². The van der Waals surface area contributed by atoms with Gasteiger partial charge in [-0.3, -0.25) is 14.5 Å². The normalized spacial score (nSPS) is 36.9. The van der Waals surface area contributed by atoms with Crippen LogP contribution in [0.2, 0.25) is 0 Å². The van der Waals surface area contributed by atoms with Gasteiger partial charge in [-0.25, -0.2) is 0 Å². The highest BCUT2D eigenvalue weighted by atomic mass is 16.2. The van der Waals surface area contributed by atoms with Crippen LogP contribution in [0.4, 0.5) is 0 Å². The maximum atomic E-state index is 11.8. The Kier molecular flexibility index (Phi) is 3.89. The molecule has 2 aliphatic rings. The predicted molar refractivity (Wildman–Crippen MR) is 63.6 cm³/mol. The Hall–Kier alpha value is -1.12. The third-order valence-corrected chi connectivity index (χ3v) is 3.64. The number of rotatable bonds is 1. The molecule has 1 aliphatic heterocycles. The van der Waals surface area contributed by atoms with Crippen molar-refractivity contribution in [1.29, 1.82) is 0 Å². The Morgan fingerprint density at radius 2 is 1.75 bits per heavy atom. The van der Waals surface area contributed by atoms with Gasteiger partial charge in [-0.2, -0.15) is 0 Å². The molecule has 2 amide bonds. The summed E-state index contributed by atoms with van der Waals surface area (Å²) in [7, 11) is 1.58. The second-order valence-corrected chi connectivity index (χ2v) is 4.40. The molecule has 1 heterocycles. The Bertz CT molecular complexity index is 311. The topological polar surface area (TPSA) is 37.4 Å². The number of nitrogens with zero attached hydrogens (tertiary/aromatic N) is 1. The zero-order chi connectivity index (χ0) is 12.5. The summed E-state index contributed by atoms with van der Waals surface area (Å²) in [5.74, 6) is 0.266. The molecule has 0 N–H and O–H groups in total. The molecule has 0 bridgehead atoms. The molecule has 0 aromatic heterocycles. The molecule has 0 aromatic rings. The van der Waals surface area contributed by atoms with Crippen LogP contribution in [0.5, 0.6) is 0 Å². The number of imide groups is 1. The second kappa shape index (κ2) is 4.81. The third kappa shape index (κ3) is 1.68. The third-order valence-electron chi connectivity index (χ3n) is 3.64. The van der Waals surface area contributed by atoms with Gasteiger partial charge in [0.15, 0.2) is 0 Å². The predicted octanol–water partition coefficient (Wildman–Crippen LogP) is 2.09. The van der Waals surface area contributed by atoms with Gasteiger partial charge in [-0.1, -0.05) is 26.8 Å². The van der Waals surface area contributed by atoms with E-state index in [1.54, 1.807) is 7.05 Å². The lowest BCUT2D eigenvalue weighted by Crippen LogP contribution is -2.29. The first kappa shape index (κ1) is 12.9. The lowest BCUT2D eigenvalue weighted by molar-refractivity contribution is -0.139. The van der Waals surface area contributed by atoms with Crippen LogP contribution < -0.4 is 0 Å². The molecule has 1 saturated carbocycles. The lowest BCUT2D eigenvalue weighted by atomic mass is 9.90. The summed E-state index contributed by atoms with van der Waals surface area (Å²) in [5, 5.41) is 0. The summed E-state index contributed by atoms with van der Waals surface area (Å²) in [6.45, 7) is 9.79. The first-order valence-corrected chi connectivity index (χ1v) is 6.02. The molecule has 1 saturated heterocycles. The quantitative estimate of drug-likeness (QED) is 0.504. The van der Waals surface area contributed by atoms with Crippen molar-refractivity contribution in [3.8, 4) is 0 Å². The van der Waals surface area contributed by atoms with Crippen molar-refractivity contribution in [2.24, 2.45) is 23.7 Å². The van der Waals surface area contributed by atoms with E-state index in [1.165, 1.54) is 4.90 Å². The summed E-state index contributed by atoms with van der Waals surface area (Å²) >= 11 is 0. The van der Waals surface area contributed by atoms with Crippen LogP contribution in [0.15, 0.2) is 12.7 Å². The molecule has 3 nitrogen and oxygen atoms in total. The Morgan fingerprint density at radius 3 is 2.25 bits per heavy atom. The molecule has 0 aromatic carbocycles. The van der Waals surface area contributed by atoms with Crippen LogP contribution in [0.25, 0.3) is 0 Å². The number of hydrogen-bond acceptors (Lipinski definition) is 2. The van der Waals surface area contributed by atoms with E-state index in [4.69, 9.17) is 0 Å². The van der Waals surface area contributed by atoms with Crippen LogP contribution in [-0.2, 0) is 9.59 Å². The number of likely N-dealkylation sites (tertiary alicyclic amines) is 1. The minimum atomic E-state index is -0.125. The standard InChI is InChI=1S/C11H15NO2.C2H6/c1-4-7-5-6(2)8-9(7)11(14)12(3)10(8)13;1-2/h4,6-9H,1,5H2,2-3H3;1-2H3. The van der Waals surface area contributed by atoms with Crippen molar-refractivity contribution >= 4 is 11.8 Å². The fourth-order valence-electron chi connectivity index (χ4n) is 2.88. The highest BCUT2D eigenvalue weighted by Gasteiger charge is 2.55. The first-order chi connectivity index (χ1) is 7.57. The van der Waals surface area contributed by atoms with Crippen molar-refractivity contribution in [1.82, 2.24) is 4.90 Å². The molecule has 16 heavy (non-hydrogen) atoms. The van der Waals surface area contributed by atoms with Gasteiger partial charge < -0.3 is 0 Å². The number of allylic oxidation sites excluding steroid dienone is 1. The van der Waals surface area contributed by atoms with Crippen LogP contribution in [0.1, 0.15) is 27.2 Å². The van der Waals surface area contributed by atoms with Crippen molar-refractivity contribution in [3.05, 3.63) is 12.7 Å². The molecule has 90 valence electrons. The zero-order valence-corrected chi connectivity index (χ0v) is 10.6. The van der Waals surface area contributed by atoms with Crippen LogP contribution in [-0.4, -0.2) is 23.8 Å². The Labute approximate surface area is 97.5 Å². The van der Waals surface area contributed by atoms with Crippen molar-refractivity contribution in [3.63, 3.8) is 0 Å². The highest BCUT2D eigenvalue weighted by Crippen LogP contribution is 2.47. The average Bonchev–Trinajstić information content (AvgIpc) is 2.75. The van der Waals surface area contributed by atoms with E-state index in [9.17, 15) is 9.59 Å². The van der Waals surface area contributed by atoms with E-state index in [-0.39, 0.29) is 29.6 Å². The number of hydrogen-bond donors (Lipinski definition) is 0. The van der Waals surface area contributed by atoms with Gasteiger partial charge >= 0.3 is 0 Å². The van der Waals surface area contributed by atoms with E-state index in [1.807, 2.05) is 26.8 Å². The van der Waals surface area contributed by atoms with E-state index in [2.05, 4.69) is 6.58 Å². The van der Waals surface area contributed by atoms with Gasteiger partial charge in [0.1, 0.15) is 0 Å². The van der Waals surface area contributed by atoms with Crippen LogP contribution in [0, 0.1) is 23.7 Å². The van der Waals surface area contributed by atoms with Gasteiger partial charge in [0.25, 0.3) is 0 Å². The van der Waals surface area contributed by atoms with Gasteiger partial charge in [-0.15, -0.1) is 6.58 Å². The van der Waals surface area contributed by atoms with Gasteiger partial charge in [-0.05, 0) is 18.3 Å². The second-order valence-electron chi connectivity index (χ2n) is 4.40. The number of fused-ring (bicyclic) bond motifs is 1. The Balaban J connectivity index is 0.000000606.